The molecule has 28 heavy (non-hydrogen) atoms. The number of aromatic nitrogens is 1. The molecule has 0 N–H and O–H groups in total. The lowest BCUT2D eigenvalue weighted by Crippen LogP contribution is -2.20. The molecule has 0 spiro atoms. The number of halogens is 1. The summed E-state index contributed by atoms with van der Waals surface area (Å²) < 4.78 is 0.938. The number of amides is 1. The van der Waals surface area contributed by atoms with Crippen LogP contribution in [0.25, 0.3) is 10.9 Å². The van der Waals surface area contributed by atoms with Crippen molar-refractivity contribution in [2.24, 2.45) is 0 Å². The molecule has 0 bridgehead atoms. The number of hydrogen-bond donors (Lipinski definition) is 0. The van der Waals surface area contributed by atoms with Gasteiger partial charge in [-0.05, 0) is 49.7 Å². The second-order valence-electron chi connectivity index (χ2n) is 7.21. The number of carbonyl (C=O) groups excluding carboxylic acids is 1. The summed E-state index contributed by atoms with van der Waals surface area (Å²) in [6.07, 6.45) is 2.49. The molecule has 0 unspecified atom stereocenters. The van der Waals surface area contributed by atoms with Gasteiger partial charge in [-0.15, -0.1) is 0 Å². The van der Waals surface area contributed by atoms with Crippen LogP contribution in [0.2, 0.25) is 0 Å². The van der Waals surface area contributed by atoms with Gasteiger partial charge in [0, 0.05) is 29.6 Å². The molecule has 1 amide bonds. The van der Waals surface area contributed by atoms with Crippen molar-refractivity contribution in [2.45, 2.75) is 19.3 Å². The second kappa shape index (κ2) is 7.61. The first-order chi connectivity index (χ1) is 13.3. The summed E-state index contributed by atoms with van der Waals surface area (Å²) in [5, 5.41) is 10.3. The first-order valence-electron chi connectivity index (χ1n) is 8.80. The van der Waals surface area contributed by atoms with Crippen molar-refractivity contribution in [1.82, 2.24) is 4.98 Å². The normalized spacial score (nSPS) is 11.1. The van der Waals surface area contributed by atoms with Gasteiger partial charge in [0.1, 0.15) is 0 Å². The third kappa shape index (κ3) is 3.58. The Labute approximate surface area is 173 Å². The average Bonchev–Trinajstić information content (AvgIpc) is 2.71. The summed E-state index contributed by atoms with van der Waals surface area (Å²) in [4.78, 5) is 19.5. The lowest BCUT2D eigenvalue weighted by Gasteiger charge is -2.27. The van der Waals surface area contributed by atoms with Gasteiger partial charge in [-0.25, -0.2) is 0 Å². The van der Waals surface area contributed by atoms with E-state index in [0.717, 1.165) is 38.7 Å². The highest BCUT2D eigenvalue weighted by molar-refractivity contribution is 9.10. The lowest BCUT2D eigenvalue weighted by molar-refractivity contribution is -0.107. The SMILES string of the molecule is CN(C=O)c1cnc2ccc(Br)cc2c1N(C)c1ccc(C(C)(C)C#N)cc1. The van der Waals surface area contributed by atoms with E-state index in [0.29, 0.717) is 5.69 Å². The van der Waals surface area contributed by atoms with E-state index in [1.165, 1.54) is 4.90 Å². The minimum atomic E-state index is -0.547. The molecule has 0 aliphatic rings. The fourth-order valence-corrected chi connectivity index (χ4v) is 3.46. The minimum Gasteiger partial charge on any atom is -0.342 e. The second-order valence-corrected chi connectivity index (χ2v) is 8.13. The van der Waals surface area contributed by atoms with Crippen LogP contribution in [0.3, 0.4) is 0 Å². The van der Waals surface area contributed by atoms with Crippen LogP contribution in [-0.4, -0.2) is 25.5 Å². The summed E-state index contributed by atoms with van der Waals surface area (Å²) in [6.45, 7) is 3.80. The third-order valence-electron chi connectivity index (χ3n) is 4.91. The van der Waals surface area contributed by atoms with E-state index >= 15 is 0 Å². The molecular weight excluding hydrogens is 416 g/mol. The Bertz CT molecular complexity index is 1070. The number of nitriles is 1. The highest BCUT2D eigenvalue weighted by Crippen LogP contribution is 2.39. The molecule has 1 heterocycles. The summed E-state index contributed by atoms with van der Waals surface area (Å²) in [5.74, 6) is 0. The zero-order valence-corrected chi connectivity index (χ0v) is 17.9. The van der Waals surface area contributed by atoms with Crippen molar-refractivity contribution >= 4 is 50.3 Å². The van der Waals surface area contributed by atoms with Gasteiger partial charge < -0.3 is 9.80 Å². The Kier molecular flexibility index (Phi) is 5.39. The fourth-order valence-electron chi connectivity index (χ4n) is 3.10. The summed E-state index contributed by atoms with van der Waals surface area (Å²) in [7, 11) is 3.67. The van der Waals surface area contributed by atoms with Crippen LogP contribution < -0.4 is 9.80 Å². The van der Waals surface area contributed by atoms with Crippen molar-refractivity contribution in [1.29, 1.82) is 5.26 Å². The maximum atomic E-state index is 11.4. The maximum absolute atomic E-state index is 11.4. The summed E-state index contributed by atoms with van der Waals surface area (Å²) >= 11 is 3.53. The van der Waals surface area contributed by atoms with Gasteiger partial charge in [-0.2, -0.15) is 5.26 Å². The first kappa shape index (κ1) is 19.8. The molecule has 0 atom stereocenters. The highest BCUT2D eigenvalue weighted by atomic mass is 79.9. The standard InChI is InChI=1S/C22H21BrN4O/c1-22(2,13-24)15-5-8-17(9-6-15)27(4)21-18-11-16(23)7-10-19(18)25-12-20(21)26(3)14-28/h5-12,14H,1-4H3. The van der Waals surface area contributed by atoms with Crippen molar-refractivity contribution in [3.8, 4) is 6.07 Å². The van der Waals surface area contributed by atoms with E-state index in [4.69, 9.17) is 0 Å². The molecule has 0 aliphatic carbocycles. The van der Waals surface area contributed by atoms with Crippen LogP contribution in [-0.2, 0) is 10.2 Å². The van der Waals surface area contributed by atoms with Crippen LogP contribution in [0, 0.1) is 11.3 Å². The van der Waals surface area contributed by atoms with E-state index in [-0.39, 0.29) is 0 Å². The molecule has 0 saturated heterocycles. The molecule has 1 aromatic heterocycles. The number of fused-ring (bicyclic) bond motifs is 1. The van der Waals surface area contributed by atoms with E-state index < -0.39 is 5.41 Å². The number of hydrogen-bond acceptors (Lipinski definition) is 4. The predicted octanol–water partition coefficient (Wildman–Crippen LogP) is 5.16. The molecule has 6 heteroatoms. The maximum Gasteiger partial charge on any atom is 0.213 e. The van der Waals surface area contributed by atoms with E-state index in [2.05, 4.69) is 27.0 Å². The van der Waals surface area contributed by atoms with Gasteiger partial charge in [0.2, 0.25) is 6.41 Å². The molecule has 0 saturated carbocycles. The number of nitrogens with zero attached hydrogens (tertiary/aromatic N) is 4. The Morgan fingerprint density at radius 3 is 2.43 bits per heavy atom. The zero-order valence-electron chi connectivity index (χ0n) is 16.3. The van der Waals surface area contributed by atoms with Crippen molar-refractivity contribution in [3.63, 3.8) is 0 Å². The van der Waals surface area contributed by atoms with Crippen molar-refractivity contribution in [2.75, 3.05) is 23.9 Å². The van der Waals surface area contributed by atoms with E-state index in [1.54, 1.807) is 13.2 Å². The molecule has 3 aromatic rings. The largest absolute Gasteiger partial charge is 0.342 e. The molecule has 142 valence electrons. The lowest BCUT2D eigenvalue weighted by atomic mass is 9.86. The Morgan fingerprint density at radius 1 is 1.14 bits per heavy atom. The quantitative estimate of drug-likeness (QED) is 0.518. The predicted molar refractivity (Wildman–Crippen MR) is 117 cm³/mol. The number of anilines is 3. The van der Waals surface area contributed by atoms with Crippen LogP contribution in [0.15, 0.2) is 53.1 Å². The molecule has 2 aromatic carbocycles. The molecule has 0 radical (unpaired) electrons. The first-order valence-corrected chi connectivity index (χ1v) is 9.59. The van der Waals surface area contributed by atoms with Crippen LogP contribution in [0.1, 0.15) is 19.4 Å². The van der Waals surface area contributed by atoms with Crippen molar-refractivity contribution < 1.29 is 4.79 Å². The van der Waals surface area contributed by atoms with Gasteiger partial charge in [0.25, 0.3) is 0 Å². The Morgan fingerprint density at radius 2 is 1.82 bits per heavy atom. The Balaban J connectivity index is 2.17. The zero-order chi connectivity index (χ0) is 20.5. The van der Waals surface area contributed by atoms with Crippen LogP contribution in [0.4, 0.5) is 17.1 Å². The van der Waals surface area contributed by atoms with E-state index in [1.807, 2.05) is 68.3 Å². The van der Waals surface area contributed by atoms with Gasteiger partial charge in [-0.3, -0.25) is 9.78 Å². The minimum absolute atomic E-state index is 0.547. The Hall–Kier alpha value is -2.91. The number of rotatable bonds is 5. The number of pyridine rings is 1. The molecule has 0 fully saturated rings. The summed E-state index contributed by atoms with van der Waals surface area (Å²) in [6, 6.07) is 16.1. The number of carbonyl (C=O) groups is 1. The van der Waals surface area contributed by atoms with E-state index in [9.17, 15) is 10.1 Å². The topological polar surface area (TPSA) is 60.2 Å². The highest BCUT2D eigenvalue weighted by Gasteiger charge is 2.21. The monoisotopic (exact) mass is 436 g/mol. The molecular formula is C22H21BrN4O. The van der Waals surface area contributed by atoms with Gasteiger partial charge in [0.05, 0.1) is 34.6 Å². The molecule has 0 aliphatic heterocycles. The average molecular weight is 437 g/mol. The van der Waals surface area contributed by atoms with Gasteiger partial charge >= 0.3 is 0 Å². The van der Waals surface area contributed by atoms with Crippen LogP contribution >= 0.6 is 15.9 Å². The van der Waals surface area contributed by atoms with Crippen LogP contribution in [0.5, 0.6) is 0 Å². The molecule has 3 rings (SSSR count). The van der Waals surface area contributed by atoms with Gasteiger partial charge in [0.15, 0.2) is 0 Å². The number of benzene rings is 2. The smallest absolute Gasteiger partial charge is 0.213 e. The summed E-state index contributed by atoms with van der Waals surface area (Å²) in [5.41, 5.74) is 3.80. The van der Waals surface area contributed by atoms with Crippen molar-refractivity contribution in [3.05, 3.63) is 58.7 Å². The van der Waals surface area contributed by atoms with Gasteiger partial charge in [-0.1, -0.05) is 28.1 Å². The molecule has 5 nitrogen and oxygen atoms in total. The third-order valence-corrected chi connectivity index (χ3v) is 5.40. The fraction of sp³-hybridized carbons (Fsp3) is 0.227.